The summed E-state index contributed by atoms with van der Waals surface area (Å²) in [5.41, 5.74) is 2.30. The highest BCUT2D eigenvalue weighted by Gasteiger charge is 2.26. The Kier molecular flexibility index (Phi) is 5.75. The number of imidazole rings is 1. The normalized spacial score (nSPS) is 12.1. The molecule has 0 radical (unpaired) electrons. The number of H-pyrrole nitrogens is 1. The first-order valence-electron chi connectivity index (χ1n) is 8.50. The van der Waals surface area contributed by atoms with Gasteiger partial charge in [0.15, 0.2) is 0 Å². The molecule has 0 bridgehead atoms. The zero-order valence-electron chi connectivity index (χ0n) is 15.1. The number of aryl methyl sites for hydroxylation is 2. The third kappa shape index (κ3) is 4.11. The Morgan fingerprint density at radius 3 is 2.93 bits per heavy atom. The molecule has 3 aromatic rings. The Morgan fingerprint density at radius 2 is 2.30 bits per heavy atom. The summed E-state index contributed by atoms with van der Waals surface area (Å²) >= 11 is 1.47. The Morgan fingerprint density at radius 1 is 1.48 bits per heavy atom. The minimum atomic E-state index is -0.560. The van der Waals surface area contributed by atoms with Crippen LogP contribution in [0.25, 0.3) is 0 Å². The van der Waals surface area contributed by atoms with Crippen LogP contribution in [0.15, 0.2) is 40.2 Å². The van der Waals surface area contributed by atoms with Crippen molar-refractivity contribution >= 4 is 17.3 Å². The number of pyridine rings is 1. The van der Waals surface area contributed by atoms with Crippen molar-refractivity contribution in [2.24, 2.45) is 0 Å². The lowest BCUT2D eigenvalue weighted by molar-refractivity contribution is -0.140. The lowest BCUT2D eigenvalue weighted by Gasteiger charge is -2.19. The SMILES string of the molecule is COC(=O)C[C@@H](c1ccsc1)c1c(O)cc(C)n(CCc2cnc[nH]2)c1=O. The number of rotatable bonds is 7. The number of hydrogen-bond donors (Lipinski definition) is 2. The van der Waals surface area contributed by atoms with E-state index in [1.165, 1.54) is 18.4 Å². The van der Waals surface area contributed by atoms with Crippen molar-refractivity contribution in [3.8, 4) is 5.75 Å². The number of aromatic hydroxyl groups is 1. The van der Waals surface area contributed by atoms with E-state index in [0.29, 0.717) is 18.7 Å². The molecule has 0 unspecified atom stereocenters. The van der Waals surface area contributed by atoms with Crippen molar-refractivity contribution < 1.29 is 14.6 Å². The molecule has 0 aliphatic carbocycles. The van der Waals surface area contributed by atoms with Crippen LogP contribution < -0.4 is 5.56 Å². The first kappa shape index (κ1) is 18.9. The average molecular weight is 387 g/mol. The second kappa shape index (κ2) is 8.22. The Bertz CT molecular complexity index is 962. The van der Waals surface area contributed by atoms with Gasteiger partial charge in [0.25, 0.3) is 5.56 Å². The summed E-state index contributed by atoms with van der Waals surface area (Å²) in [6, 6.07) is 3.42. The number of aromatic nitrogens is 3. The summed E-state index contributed by atoms with van der Waals surface area (Å²) in [5.74, 6) is -1.10. The van der Waals surface area contributed by atoms with E-state index in [1.54, 1.807) is 30.1 Å². The molecule has 0 aliphatic heterocycles. The second-order valence-electron chi connectivity index (χ2n) is 6.26. The molecule has 27 heavy (non-hydrogen) atoms. The van der Waals surface area contributed by atoms with Crippen LogP contribution in [0.1, 0.15) is 34.9 Å². The van der Waals surface area contributed by atoms with Crippen molar-refractivity contribution in [1.82, 2.24) is 14.5 Å². The maximum Gasteiger partial charge on any atom is 0.306 e. The second-order valence-corrected chi connectivity index (χ2v) is 7.04. The fourth-order valence-electron chi connectivity index (χ4n) is 3.14. The van der Waals surface area contributed by atoms with E-state index in [-0.39, 0.29) is 23.3 Å². The molecule has 0 amide bonds. The van der Waals surface area contributed by atoms with Gasteiger partial charge in [0.05, 0.1) is 25.4 Å². The summed E-state index contributed by atoms with van der Waals surface area (Å²) < 4.78 is 6.41. The molecule has 8 heteroatoms. The number of hydrogen-bond acceptors (Lipinski definition) is 6. The summed E-state index contributed by atoms with van der Waals surface area (Å²) in [6.45, 7) is 2.21. The van der Waals surface area contributed by atoms with E-state index in [1.807, 2.05) is 16.8 Å². The number of thiophene rings is 1. The van der Waals surface area contributed by atoms with Crippen LogP contribution in [-0.2, 0) is 22.5 Å². The molecular formula is C19H21N3O4S. The fraction of sp³-hybridized carbons (Fsp3) is 0.316. The zero-order chi connectivity index (χ0) is 19.4. The topological polar surface area (TPSA) is 97.2 Å². The maximum absolute atomic E-state index is 13.2. The Hall–Kier alpha value is -2.87. The van der Waals surface area contributed by atoms with E-state index in [4.69, 9.17) is 4.74 Å². The lowest BCUT2D eigenvalue weighted by Crippen LogP contribution is -2.29. The van der Waals surface area contributed by atoms with Crippen molar-refractivity contribution in [3.63, 3.8) is 0 Å². The van der Waals surface area contributed by atoms with Gasteiger partial charge in [-0.3, -0.25) is 9.59 Å². The van der Waals surface area contributed by atoms with Gasteiger partial charge in [-0.2, -0.15) is 11.3 Å². The molecule has 0 spiro atoms. The van der Waals surface area contributed by atoms with Crippen LogP contribution >= 0.6 is 11.3 Å². The van der Waals surface area contributed by atoms with Gasteiger partial charge in [-0.25, -0.2) is 4.98 Å². The molecule has 3 heterocycles. The van der Waals surface area contributed by atoms with Crippen LogP contribution in [0.5, 0.6) is 5.75 Å². The maximum atomic E-state index is 13.2. The van der Waals surface area contributed by atoms with E-state index in [9.17, 15) is 14.7 Å². The van der Waals surface area contributed by atoms with E-state index in [2.05, 4.69) is 9.97 Å². The number of ether oxygens (including phenoxy) is 1. The molecule has 142 valence electrons. The fourth-order valence-corrected chi connectivity index (χ4v) is 3.85. The van der Waals surface area contributed by atoms with Gasteiger partial charge in [-0.1, -0.05) is 0 Å². The van der Waals surface area contributed by atoms with Gasteiger partial charge >= 0.3 is 5.97 Å². The van der Waals surface area contributed by atoms with Gasteiger partial charge < -0.3 is 19.4 Å². The molecule has 1 atom stereocenters. The number of aromatic amines is 1. The molecule has 0 saturated carbocycles. The number of nitrogens with zero attached hydrogens (tertiary/aromatic N) is 2. The van der Waals surface area contributed by atoms with Crippen LogP contribution in [-0.4, -0.2) is 32.7 Å². The largest absolute Gasteiger partial charge is 0.507 e. The van der Waals surface area contributed by atoms with Crippen LogP contribution in [0.3, 0.4) is 0 Å². The van der Waals surface area contributed by atoms with Gasteiger partial charge in [0.1, 0.15) is 5.75 Å². The molecule has 7 nitrogen and oxygen atoms in total. The quantitative estimate of drug-likeness (QED) is 0.608. The molecule has 0 aliphatic rings. The number of methoxy groups -OCH3 is 1. The minimum Gasteiger partial charge on any atom is -0.507 e. The molecule has 0 aromatic carbocycles. The summed E-state index contributed by atoms with van der Waals surface area (Å²) in [7, 11) is 1.31. The highest BCUT2D eigenvalue weighted by atomic mass is 32.1. The Labute approximate surface area is 160 Å². The third-order valence-electron chi connectivity index (χ3n) is 4.57. The molecular weight excluding hydrogens is 366 g/mol. The molecule has 0 fully saturated rings. The third-order valence-corrected chi connectivity index (χ3v) is 5.28. The minimum absolute atomic E-state index is 0.0142. The number of carbonyl (C=O) groups is 1. The van der Waals surface area contributed by atoms with E-state index >= 15 is 0 Å². The smallest absolute Gasteiger partial charge is 0.306 e. The first-order valence-corrected chi connectivity index (χ1v) is 9.45. The van der Waals surface area contributed by atoms with Gasteiger partial charge in [-0.05, 0) is 35.4 Å². The molecule has 3 rings (SSSR count). The number of nitrogens with one attached hydrogen (secondary N) is 1. The van der Waals surface area contributed by atoms with E-state index in [0.717, 1.165) is 11.3 Å². The van der Waals surface area contributed by atoms with Crippen molar-refractivity contribution in [1.29, 1.82) is 0 Å². The van der Waals surface area contributed by atoms with Crippen molar-refractivity contribution in [3.05, 3.63) is 68.3 Å². The highest BCUT2D eigenvalue weighted by molar-refractivity contribution is 7.08. The van der Waals surface area contributed by atoms with Crippen LogP contribution in [0.2, 0.25) is 0 Å². The Balaban J connectivity index is 2.02. The molecule has 3 aromatic heterocycles. The summed E-state index contributed by atoms with van der Waals surface area (Å²) in [4.78, 5) is 32.1. The lowest BCUT2D eigenvalue weighted by atomic mass is 9.90. The van der Waals surface area contributed by atoms with Gasteiger partial charge in [0, 0.05) is 36.5 Å². The predicted octanol–water partition coefficient (Wildman–Crippen LogP) is 2.58. The number of carbonyl (C=O) groups excluding carboxylic acids is 1. The van der Waals surface area contributed by atoms with Gasteiger partial charge in [0.2, 0.25) is 0 Å². The first-order chi connectivity index (χ1) is 13.0. The molecule has 2 N–H and O–H groups in total. The predicted molar refractivity (Wildman–Crippen MR) is 102 cm³/mol. The van der Waals surface area contributed by atoms with Crippen LogP contribution in [0, 0.1) is 6.92 Å². The highest BCUT2D eigenvalue weighted by Crippen LogP contribution is 2.33. The summed E-state index contributed by atoms with van der Waals surface area (Å²) in [6.07, 6.45) is 3.90. The van der Waals surface area contributed by atoms with Crippen molar-refractivity contribution in [2.45, 2.75) is 32.2 Å². The number of esters is 1. The monoisotopic (exact) mass is 387 g/mol. The van der Waals surface area contributed by atoms with E-state index < -0.39 is 11.9 Å². The summed E-state index contributed by atoms with van der Waals surface area (Å²) in [5, 5.41) is 14.3. The standard InChI is InChI=1S/C19H21N3O4S/c1-12-7-16(23)18(15(8-17(24)26-2)13-4-6-27-10-13)19(25)22(12)5-3-14-9-20-11-21-14/h4,6-7,9-11,15,23H,3,5,8H2,1-2H3,(H,20,21)/t15-/m0/s1. The van der Waals surface area contributed by atoms with Crippen molar-refractivity contribution in [2.75, 3.05) is 7.11 Å². The zero-order valence-corrected chi connectivity index (χ0v) is 16.0. The average Bonchev–Trinajstić information content (AvgIpc) is 3.34. The van der Waals surface area contributed by atoms with Gasteiger partial charge in [-0.15, -0.1) is 0 Å². The molecule has 0 saturated heterocycles. The van der Waals surface area contributed by atoms with Crippen LogP contribution in [0.4, 0.5) is 0 Å².